The molecule has 2 aliphatic carbocycles. The Morgan fingerprint density at radius 1 is 1.24 bits per heavy atom. The molecule has 2 aromatic rings. The molecule has 1 spiro atoms. The van der Waals surface area contributed by atoms with Crippen LogP contribution >= 0.6 is 11.6 Å². The molecular weight excluding hydrogens is 450 g/mol. The number of nitrogens with one attached hydrogen (secondary N) is 1. The van der Waals surface area contributed by atoms with Gasteiger partial charge in [0.15, 0.2) is 0 Å². The minimum Gasteiger partial charge on any atom is -0.493 e. The van der Waals surface area contributed by atoms with Crippen LogP contribution in [0.4, 0.5) is 5.69 Å². The molecule has 6 heteroatoms. The highest BCUT2D eigenvalue weighted by molar-refractivity contribution is 6.30. The topological polar surface area (TPSA) is 67.8 Å². The van der Waals surface area contributed by atoms with Crippen LogP contribution in [-0.4, -0.2) is 36.9 Å². The molecule has 1 saturated carbocycles. The molecule has 1 fully saturated rings. The van der Waals surface area contributed by atoms with Gasteiger partial charge in [-0.3, -0.25) is 0 Å². The summed E-state index contributed by atoms with van der Waals surface area (Å²) in [6.45, 7) is 3.08. The smallest absolute Gasteiger partial charge is 0.331 e. The summed E-state index contributed by atoms with van der Waals surface area (Å²) in [5.74, 6) is 1.50. The van der Waals surface area contributed by atoms with Gasteiger partial charge in [-0.15, -0.1) is 0 Å². The number of halogens is 1. The second-order valence-electron chi connectivity index (χ2n) is 10.5. The van der Waals surface area contributed by atoms with Crippen molar-refractivity contribution < 1.29 is 19.4 Å². The van der Waals surface area contributed by atoms with Gasteiger partial charge in [0.1, 0.15) is 11.3 Å². The van der Waals surface area contributed by atoms with Crippen molar-refractivity contribution >= 4 is 23.3 Å². The molecule has 0 radical (unpaired) electrons. The Kier molecular flexibility index (Phi) is 6.28. The van der Waals surface area contributed by atoms with E-state index in [1.54, 1.807) is 0 Å². The number of aliphatic hydroxyl groups is 1. The number of esters is 1. The molecule has 2 N–H and O–H groups in total. The van der Waals surface area contributed by atoms with Crippen LogP contribution in [-0.2, 0) is 27.8 Å². The predicted molar refractivity (Wildman–Crippen MR) is 134 cm³/mol. The van der Waals surface area contributed by atoms with Gasteiger partial charge in [-0.1, -0.05) is 30.7 Å². The van der Waals surface area contributed by atoms with Crippen LogP contribution in [0, 0.1) is 11.8 Å². The molecule has 2 atom stereocenters. The number of ether oxygens (including phenoxy) is 2. The van der Waals surface area contributed by atoms with E-state index in [1.807, 2.05) is 24.3 Å². The van der Waals surface area contributed by atoms with Crippen molar-refractivity contribution in [1.82, 2.24) is 0 Å². The molecule has 1 aliphatic heterocycles. The highest BCUT2D eigenvalue weighted by Gasteiger charge is 2.54. The first-order valence-corrected chi connectivity index (χ1v) is 12.8. The first kappa shape index (κ1) is 23.5. The number of benzene rings is 2. The van der Waals surface area contributed by atoms with Gasteiger partial charge in [-0.2, -0.15) is 0 Å². The number of carbonyl (C=O) groups excluding carboxylic acids is 1. The third kappa shape index (κ3) is 3.97. The fraction of sp³-hybridized carbons (Fsp3) is 0.536. The molecule has 3 aliphatic rings. The zero-order valence-electron chi connectivity index (χ0n) is 20.0. The van der Waals surface area contributed by atoms with Crippen molar-refractivity contribution in [3.05, 3.63) is 58.1 Å². The van der Waals surface area contributed by atoms with Gasteiger partial charge in [0.05, 0.1) is 13.7 Å². The minimum absolute atomic E-state index is 0.00389. The average molecular weight is 484 g/mol. The Morgan fingerprint density at radius 3 is 2.74 bits per heavy atom. The second-order valence-corrected chi connectivity index (χ2v) is 10.9. The molecule has 5 rings (SSSR count). The van der Waals surface area contributed by atoms with E-state index in [1.165, 1.54) is 23.8 Å². The molecular formula is C28H34ClNO4. The first-order chi connectivity index (χ1) is 16.4. The van der Waals surface area contributed by atoms with Crippen LogP contribution in [0.15, 0.2) is 36.4 Å². The van der Waals surface area contributed by atoms with Gasteiger partial charge in [0.25, 0.3) is 0 Å². The number of rotatable bonds is 6. The molecule has 5 nitrogen and oxygen atoms in total. The molecule has 182 valence electrons. The van der Waals surface area contributed by atoms with Gasteiger partial charge < -0.3 is 19.9 Å². The maximum atomic E-state index is 13.1. The van der Waals surface area contributed by atoms with Crippen molar-refractivity contribution in [3.8, 4) is 5.75 Å². The van der Waals surface area contributed by atoms with Gasteiger partial charge in [0, 0.05) is 23.7 Å². The zero-order valence-corrected chi connectivity index (χ0v) is 20.8. The Labute approximate surface area is 206 Å². The summed E-state index contributed by atoms with van der Waals surface area (Å²) in [6, 6.07) is 12.2. The van der Waals surface area contributed by atoms with E-state index in [9.17, 15) is 9.90 Å². The summed E-state index contributed by atoms with van der Waals surface area (Å²) < 4.78 is 11.2. The van der Waals surface area contributed by atoms with E-state index >= 15 is 0 Å². The Bertz CT molecular complexity index is 1080. The Balaban J connectivity index is 1.48. The number of hydrogen-bond acceptors (Lipinski definition) is 5. The second kappa shape index (κ2) is 9.09. The number of anilines is 1. The van der Waals surface area contributed by atoms with Crippen LogP contribution in [0.5, 0.6) is 5.75 Å². The summed E-state index contributed by atoms with van der Waals surface area (Å²) in [5.41, 5.74) is 4.18. The van der Waals surface area contributed by atoms with Crippen LogP contribution in [0.3, 0.4) is 0 Å². The number of carbonyl (C=O) groups is 1. The van der Waals surface area contributed by atoms with Gasteiger partial charge in [-0.25, -0.2) is 4.79 Å². The highest BCUT2D eigenvalue weighted by atomic mass is 35.5. The summed E-state index contributed by atoms with van der Waals surface area (Å²) in [4.78, 5) is 13.1. The number of fused-ring (bicyclic) bond motifs is 3. The molecule has 0 saturated heterocycles. The normalized spacial score (nSPS) is 28.2. The number of hydrogen-bond donors (Lipinski definition) is 2. The van der Waals surface area contributed by atoms with Crippen LogP contribution in [0.2, 0.25) is 5.02 Å². The molecule has 1 unspecified atom stereocenters. The lowest BCUT2D eigenvalue weighted by Gasteiger charge is -2.47. The van der Waals surface area contributed by atoms with Crippen molar-refractivity contribution in [2.75, 3.05) is 25.6 Å². The van der Waals surface area contributed by atoms with Crippen LogP contribution in [0.25, 0.3) is 0 Å². The first-order valence-electron chi connectivity index (χ1n) is 12.4. The maximum Gasteiger partial charge on any atom is 0.331 e. The van der Waals surface area contributed by atoms with Crippen molar-refractivity contribution in [2.24, 2.45) is 11.8 Å². The molecule has 0 bridgehead atoms. The van der Waals surface area contributed by atoms with E-state index in [-0.39, 0.29) is 23.9 Å². The number of methoxy groups -OCH3 is 1. The van der Waals surface area contributed by atoms with E-state index < -0.39 is 5.54 Å². The quantitative estimate of drug-likeness (QED) is 0.545. The van der Waals surface area contributed by atoms with Gasteiger partial charge >= 0.3 is 5.97 Å². The molecule has 34 heavy (non-hydrogen) atoms. The minimum atomic E-state index is -0.777. The molecule has 1 heterocycles. The van der Waals surface area contributed by atoms with Crippen molar-refractivity contribution in [1.29, 1.82) is 0 Å². The lowest BCUT2D eigenvalue weighted by atomic mass is 9.59. The highest BCUT2D eigenvalue weighted by Crippen LogP contribution is 2.57. The van der Waals surface area contributed by atoms with E-state index in [4.69, 9.17) is 21.1 Å². The Morgan fingerprint density at radius 2 is 2.03 bits per heavy atom. The van der Waals surface area contributed by atoms with E-state index in [0.29, 0.717) is 23.8 Å². The summed E-state index contributed by atoms with van der Waals surface area (Å²) in [7, 11) is 1.47. The predicted octanol–water partition coefficient (Wildman–Crippen LogP) is 5.30. The monoisotopic (exact) mass is 483 g/mol. The Hall–Kier alpha value is -2.24. The molecule has 0 aromatic heterocycles. The summed E-state index contributed by atoms with van der Waals surface area (Å²) in [5, 5.41) is 13.9. The maximum absolute atomic E-state index is 13.1. The fourth-order valence-electron chi connectivity index (χ4n) is 6.67. The zero-order chi connectivity index (χ0) is 23.9. The molecule has 2 aromatic carbocycles. The van der Waals surface area contributed by atoms with Crippen LogP contribution in [0.1, 0.15) is 55.7 Å². The van der Waals surface area contributed by atoms with E-state index in [0.717, 1.165) is 50.1 Å². The summed E-state index contributed by atoms with van der Waals surface area (Å²) in [6.07, 6.45) is 6.09. The van der Waals surface area contributed by atoms with E-state index in [2.05, 4.69) is 24.4 Å². The lowest BCUT2D eigenvalue weighted by molar-refractivity contribution is -0.148. The number of aliphatic hydroxyl groups excluding tert-OH is 1. The van der Waals surface area contributed by atoms with Crippen molar-refractivity contribution in [3.63, 3.8) is 0 Å². The third-order valence-corrected chi connectivity index (χ3v) is 8.71. The van der Waals surface area contributed by atoms with Crippen molar-refractivity contribution in [2.45, 2.75) is 62.8 Å². The summed E-state index contributed by atoms with van der Waals surface area (Å²) >= 11 is 6.22. The largest absolute Gasteiger partial charge is 0.493 e. The average Bonchev–Trinajstić information content (AvgIpc) is 3.41. The standard InChI is InChI=1S/C28H34ClNO4/c1-18(17-31)12-21-13-20-15-25-19(6-11-34-25)14-24(20)27(21)7-9-28(10-8-27,26(32)33-2)30-23-5-3-4-22(29)16-23/h3-5,14-16,18,21,30-31H,6-13,17H2,1-2H3/t18-,21?,27?,28?/m1/s1. The molecule has 0 amide bonds. The fourth-order valence-corrected chi connectivity index (χ4v) is 6.86. The van der Waals surface area contributed by atoms with Gasteiger partial charge in [0.2, 0.25) is 0 Å². The lowest BCUT2D eigenvalue weighted by Crippen LogP contribution is -2.53. The van der Waals surface area contributed by atoms with Gasteiger partial charge in [-0.05, 0) is 96.7 Å². The SMILES string of the molecule is COC(=O)C1(Nc2cccc(Cl)c2)CCC2(CC1)c1cc3c(cc1CC2C[C@@H](C)CO)OCC3. The third-order valence-electron chi connectivity index (χ3n) is 8.48. The van der Waals surface area contributed by atoms with Crippen LogP contribution < -0.4 is 10.1 Å².